The minimum Gasteiger partial charge on any atom is -0.311 e. The Balaban J connectivity index is 0.954. The van der Waals surface area contributed by atoms with Gasteiger partial charge in [0.15, 0.2) is 0 Å². The lowest BCUT2D eigenvalue weighted by molar-refractivity contribution is 1.18. The highest BCUT2D eigenvalue weighted by molar-refractivity contribution is 7.26. The molecule has 61 heavy (non-hydrogen) atoms. The number of nitrogens with zero attached hydrogens (tertiary/aromatic N) is 2. The van der Waals surface area contributed by atoms with Crippen LogP contribution in [0, 0.1) is 0 Å². The number of thiophene rings is 1. The van der Waals surface area contributed by atoms with Crippen LogP contribution in [0.1, 0.15) is 0 Å². The van der Waals surface area contributed by atoms with Crippen LogP contribution in [0.3, 0.4) is 0 Å². The zero-order chi connectivity index (χ0) is 40.3. The third-order valence-electron chi connectivity index (χ3n) is 12.2. The number of anilines is 3. The molecule has 0 aliphatic carbocycles. The number of hydrogen-bond acceptors (Lipinski definition) is 2. The number of hydrogen-bond donors (Lipinski definition) is 0. The molecule has 0 saturated heterocycles. The summed E-state index contributed by atoms with van der Waals surface area (Å²) in [5, 5.41) is 7.74. The minimum atomic E-state index is 1.10. The van der Waals surface area contributed by atoms with Crippen LogP contribution in [0.4, 0.5) is 17.1 Å². The van der Waals surface area contributed by atoms with Crippen molar-refractivity contribution in [1.82, 2.24) is 4.57 Å². The van der Waals surface area contributed by atoms with Gasteiger partial charge < -0.3 is 9.47 Å². The second-order valence-corrected chi connectivity index (χ2v) is 16.8. The molecule has 12 aromatic rings. The number of rotatable bonds is 7. The average molecular weight is 795 g/mol. The fraction of sp³-hybridized carbons (Fsp3) is 0. The summed E-state index contributed by atoms with van der Waals surface area (Å²) in [5.41, 5.74) is 14.1. The van der Waals surface area contributed by atoms with Crippen molar-refractivity contribution in [2.75, 3.05) is 4.90 Å². The maximum absolute atomic E-state index is 2.40. The van der Waals surface area contributed by atoms with Crippen molar-refractivity contribution in [1.29, 1.82) is 0 Å². The van der Waals surface area contributed by atoms with Crippen molar-refractivity contribution < 1.29 is 0 Å². The Hall–Kier alpha value is -7.72. The van der Waals surface area contributed by atoms with E-state index in [0.717, 1.165) is 22.7 Å². The van der Waals surface area contributed by atoms with Crippen molar-refractivity contribution in [3.63, 3.8) is 0 Å². The van der Waals surface area contributed by atoms with Gasteiger partial charge in [0.25, 0.3) is 0 Å². The lowest BCUT2D eigenvalue weighted by Crippen LogP contribution is -2.09. The molecule has 10 aromatic carbocycles. The van der Waals surface area contributed by atoms with E-state index in [-0.39, 0.29) is 0 Å². The Morgan fingerprint density at radius 1 is 0.311 bits per heavy atom. The van der Waals surface area contributed by atoms with E-state index in [4.69, 9.17) is 0 Å². The standard InChI is InChI=1S/C58H38N2S/c1-3-13-39(14-4-1)40-23-30-45(31-24-40)59(47-34-27-42(28-35-47)53-38-54-51-19-10-12-22-57(51)61-58(54)52-20-8-7-17-48(52)53)46-32-25-41(26-33-46)43-29-36-50-49-18-9-11-21-55(49)60(56(50)37-43)44-15-5-2-6-16-44/h1-38H. The topological polar surface area (TPSA) is 8.17 Å². The van der Waals surface area contributed by atoms with E-state index >= 15 is 0 Å². The third-order valence-corrected chi connectivity index (χ3v) is 13.4. The molecule has 12 rings (SSSR count). The van der Waals surface area contributed by atoms with Crippen LogP contribution >= 0.6 is 11.3 Å². The fourth-order valence-electron chi connectivity index (χ4n) is 9.26. The molecule has 0 saturated carbocycles. The van der Waals surface area contributed by atoms with Crippen molar-refractivity contribution in [2.45, 2.75) is 0 Å². The summed E-state index contributed by atoms with van der Waals surface area (Å²) in [7, 11) is 0. The van der Waals surface area contributed by atoms with Gasteiger partial charge in [0.1, 0.15) is 0 Å². The van der Waals surface area contributed by atoms with Gasteiger partial charge in [-0.05, 0) is 112 Å². The molecule has 0 fully saturated rings. The van der Waals surface area contributed by atoms with Crippen LogP contribution in [0.25, 0.3) is 91.8 Å². The van der Waals surface area contributed by atoms with E-state index < -0.39 is 0 Å². The molecule has 0 aliphatic heterocycles. The summed E-state index contributed by atoms with van der Waals surface area (Å²) in [6.45, 7) is 0. The Morgan fingerprint density at radius 3 is 1.49 bits per heavy atom. The normalized spacial score (nSPS) is 11.6. The van der Waals surface area contributed by atoms with Crippen LogP contribution in [0.2, 0.25) is 0 Å². The van der Waals surface area contributed by atoms with Crippen molar-refractivity contribution in [3.05, 3.63) is 231 Å². The first-order valence-corrected chi connectivity index (χ1v) is 21.6. The van der Waals surface area contributed by atoms with E-state index in [9.17, 15) is 0 Å². The van der Waals surface area contributed by atoms with Crippen molar-refractivity contribution in [2.24, 2.45) is 0 Å². The smallest absolute Gasteiger partial charge is 0.0547 e. The van der Waals surface area contributed by atoms with Gasteiger partial charge in [0, 0.05) is 59.1 Å². The molecule has 2 heterocycles. The first kappa shape index (κ1) is 35.2. The molecule has 0 atom stereocenters. The first-order valence-electron chi connectivity index (χ1n) is 20.8. The maximum Gasteiger partial charge on any atom is 0.0547 e. The van der Waals surface area contributed by atoms with Gasteiger partial charge in [-0.1, -0.05) is 158 Å². The molecular formula is C58H38N2S. The molecule has 0 spiro atoms. The van der Waals surface area contributed by atoms with Gasteiger partial charge in [-0.25, -0.2) is 0 Å². The molecule has 3 heteroatoms. The number of fused-ring (bicyclic) bond motifs is 8. The average Bonchev–Trinajstić information content (AvgIpc) is 3.88. The SMILES string of the molecule is c1ccc(-c2ccc(N(c3ccc(-c4ccc5c6ccccc6n(-c6ccccc6)c5c4)cc3)c3ccc(-c4cc5c6ccccc6sc5c5ccccc45)cc3)cc2)cc1. The summed E-state index contributed by atoms with van der Waals surface area (Å²) < 4.78 is 5.06. The molecular weight excluding hydrogens is 757 g/mol. The monoisotopic (exact) mass is 794 g/mol. The minimum absolute atomic E-state index is 1.10. The lowest BCUT2D eigenvalue weighted by atomic mass is 9.95. The number of benzene rings is 10. The summed E-state index contributed by atoms with van der Waals surface area (Å²) in [5.74, 6) is 0. The highest BCUT2D eigenvalue weighted by atomic mass is 32.1. The van der Waals surface area contributed by atoms with Crippen molar-refractivity contribution in [3.8, 4) is 39.1 Å². The highest BCUT2D eigenvalue weighted by Gasteiger charge is 2.18. The highest BCUT2D eigenvalue weighted by Crippen LogP contribution is 2.44. The van der Waals surface area contributed by atoms with Crippen LogP contribution < -0.4 is 4.90 Å². The molecule has 0 unspecified atom stereocenters. The van der Waals surface area contributed by atoms with Gasteiger partial charge in [-0.15, -0.1) is 11.3 Å². The number of aromatic nitrogens is 1. The summed E-state index contributed by atoms with van der Waals surface area (Å²) in [6.07, 6.45) is 0. The molecule has 0 radical (unpaired) electrons. The zero-order valence-electron chi connectivity index (χ0n) is 33.2. The largest absolute Gasteiger partial charge is 0.311 e. The predicted octanol–water partition coefficient (Wildman–Crippen LogP) is 16.8. The fourth-order valence-corrected chi connectivity index (χ4v) is 10.5. The quantitative estimate of drug-likeness (QED) is 0.156. The Labute approximate surface area is 358 Å². The van der Waals surface area contributed by atoms with Crippen LogP contribution in [0.15, 0.2) is 231 Å². The summed E-state index contributed by atoms with van der Waals surface area (Å²) >= 11 is 1.89. The van der Waals surface area contributed by atoms with Crippen LogP contribution in [-0.4, -0.2) is 4.57 Å². The lowest BCUT2D eigenvalue weighted by Gasteiger charge is -2.26. The molecule has 2 nitrogen and oxygen atoms in total. The Morgan fingerprint density at radius 2 is 0.803 bits per heavy atom. The third kappa shape index (κ3) is 6.01. The van der Waals surface area contributed by atoms with Crippen LogP contribution in [-0.2, 0) is 0 Å². The van der Waals surface area contributed by atoms with E-state index in [0.29, 0.717) is 0 Å². The van der Waals surface area contributed by atoms with E-state index in [1.165, 1.54) is 86.1 Å². The molecule has 0 N–H and O–H groups in total. The first-order chi connectivity index (χ1) is 30.2. The Bertz CT molecular complexity index is 3550. The van der Waals surface area contributed by atoms with Gasteiger partial charge in [-0.3, -0.25) is 0 Å². The van der Waals surface area contributed by atoms with E-state index in [1.807, 2.05) is 11.3 Å². The van der Waals surface area contributed by atoms with Gasteiger partial charge in [-0.2, -0.15) is 0 Å². The van der Waals surface area contributed by atoms with Crippen LogP contribution in [0.5, 0.6) is 0 Å². The maximum atomic E-state index is 2.40. The molecule has 2 aromatic heterocycles. The summed E-state index contributed by atoms with van der Waals surface area (Å²) in [6, 6.07) is 84.0. The van der Waals surface area contributed by atoms with E-state index in [2.05, 4.69) is 240 Å². The molecule has 0 aliphatic rings. The molecule has 0 amide bonds. The summed E-state index contributed by atoms with van der Waals surface area (Å²) in [4.78, 5) is 2.37. The number of para-hydroxylation sites is 2. The predicted molar refractivity (Wildman–Crippen MR) is 262 cm³/mol. The van der Waals surface area contributed by atoms with Crippen molar-refractivity contribution >= 4 is 81.1 Å². The van der Waals surface area contributed by atoms with Gasteiger partial charge >= 0.3 is 0 Å². The molecule has 286 valence electrons. The zero-order valence-corrected chi connectivity index (χ0v) is 34.1. The van der Waals surface area contributed by atoms with E-state index in [1.54, 1.807) is 0 Å². The van der Waals surface area contributed by atoms with Gasteiger partial charge in [0.05, 0.1) is 11.0 Å². The molecule has 0 bridgehead atoms. The second kappa shape index (κ2) is 14.5. The Kier molecular flexibility index (Phi) is 8.39. The second-order valence-electron chi connectivity index (χ2n) is 15.7. The van der Waals surface area contributed by atoms with Gasteiger partial charge in [0.2, 0.25) is 0 Å².